The number of fused-ring (bicyclic) bond motifs is 1. The molecule has 1 amide bonds. The molecule has 0 aliphatic carbocycles. The molecule has 8 heteroatoms. The van der Waals surface area contributed by atoms with E-state index in [1.807, 2.05) is 31.8 Å². The summed E-state index contributed by atoms with van der Waals surface area (Å²) in [5.41, 5.74) is 3.42. The highest BCUT2D eigenvalue weighted by Gasteiger charge is 2.28. The summed E-state index contributed by atoms with van der Waals surface area (Å²) >= 11 is 1.72. The normalized spacial score (nSPS) is 16.4. The second kappa shape index (κ2) is 7.74. The summed E-state index contributed by atoms with van der Waals surface area (Å²) in [4.78, 5) is 26.5. The number of carbonyl (C=O) groups is 1. The van der Waals surface area contributed by atoms with Gasteiger partial charge in [-0.15, -0.1) is 11.3 Å². The van der Waals surface area contributed by atoms with Crippen LogP contribution in [0.2, 0.25) is 0 Å². The molecule has 1 fully saturated rings. The molecule has 0 spiro atoms. The van der Waals surface area contributed by atoms with Crippen molar-refractivity contribution in [2.24, 2.45) is 13.0 Å². The van der Waals surface area contributed by atoms with E-state index in [1.54, 1.807) is 17.7 Å². The summed E-state index contributed by atoms with van der Waals surface area (Å²) in [5, 5.41) is 8.63. The van der Waals surface area contributed by atoms with Crippen LogP contribution in [0.5, 0.6) is 0 Å². The highest BCUT2D eigenvalue weighted by atomic mass is 32.1. The largest absolute Gasteiger partial charge is 0.356 e. The van der Waals surface area contributed by atoms with E-state index in [4.69, 9.17) is 0 Å². The summed E-state index contributed by atoms with van der Waals surface area (Å²) in [6.45, 7) is 9.99. The number of nitrogens with zero attached hydrogens (tertiary/aromatic N) is 5. The number of hydrogen-bond donors (Lipinski definition) is 1. The maximum absolute atomic E-state index is 12.8. The van der Waals surface area contributed by atoms with Gasteiger partial charge in [-0.05, 0) is 46.1 Å². The topological polar surface area (TPSA) is 75.9 Å². The van der Waals surface area contributed by atoms with E-state index in [1.165, 1.54) is 15.8 Å². The number of hydrogen-bond acceptors (Lipinski definition) is 6. The fourth-order valence-corrected chi connectivity index (χ4v) is 5.10. The fourth-order valence-electron chi connectivity index (χ4n) is 4.11. The molecular weight excluding hydrogens is 384 g/mol. The van der Waals surface area contributed by atoms with Crippen molar-refractivity contribution in [3.05, 3.63) is 34.2 Å². The number of nitrogens with one attached hydrogen (secondary N) is 1. The lowest BCUT2D eigenvalue weighted by Gasteiger charge is -2.33. The van der Waals surface area contributed by atoms with Crippen LogP contribution in [0.1, 0.15) is 47.5 Å². The molecule has 1 aliphatic heterocycles. The van der Waals surface area contributed by atoms with Crippen LogP contribution >= 0.6 is 11.3 Å². The van der Waals surface area contributed by atoms with Gasteiger partial charge in [-0.1, -0.05) is 0 Å². The van der Waals surface area contributed by atoms with E-state index in [0.717, 1.165) is 47.8 Å². The molecule has 3 aromatic heterocycles. The number of carbonyl (C=O) groups excluding carboxylic acids is 1. The van der Waals surface area contributed by atoms with Gasteiger partial charge in [-0.3, -0.25) is 9.48 Å². The first-order valence-electron chi connectivity index (χ1n) is 10.1. The lowest BCUT2D eigenvalue weighted by Crippen LogP contribution is -2.41. The number of aryl methyl sites for hydroxylation is 3. The van der Waals surface area contributed by atoms with Crippen molar-refractivity contribution in [1.82, 2.24) is 25.1 Å². The van der Waals surface area contributed by atoms with Crippen LogP contribution < -0.4 is 10.2 Å². The van der Waals surface area contributed by atoms with E-state index in [0.29, 0.717) is 0 Å². The van der Waals surface area contributed by atoms with Crippen LogP contribution in [0, 0.1) is 26.7 Å². The van der Waals surface area contributed by atoms with Crippen molar-refractivity contribution in [1.29, 1.82) is 0 Å². The predicted molar refractivity (Wildman–Crippen MR) is 116 cm³/mol. The van der Waals surface area contributed by atoms with E-state index >= 15 is 0 Å². The Hall–Kier alpha value is -2.48. The Morgan fingerprint density at radius 2 is 1.97 bits per heavy atom. The van der Waals surface area contributed by atoms with Gasteiger partial charge in [0.15, 0.2) is 0 Å². The molecule has 1 saturated heterocycles. The first kappa shape index (κ1) is 19.8. The zero-order valence-electron chi connectivity index (χ0n) is 17.7. The molecule has 1 atom stereocenters. The Morgan fingerprint density at radius 1 is 1.24 bits per heavy atom. The van der Waals surface area contributed by atoms with Gasteiger partial charge in [0.2, 0.25) is 5.91 Å². The number of rotatable bonds is 4. The van der Waals surface area contributed by atoms with E-state index < -0.39 is 0 Å². The molecule has 0 bridgehead atoms. The quantitative estimate of drug-likeness (QED) is 0.710. The monoisotopic (exact) mass is 412 g/mol. The summed E-state index contributed by atoms with van der Waals surface area (Å²) in [7, 11) is 1.92. The van der Waals surface area contributed by atoms with Crippen LogP contribution in [0.4, 0.5) is 5.82 Å². The Morgan fingerprint density at radius 3 is 2.62 bits per heavy atom. The Kier molecular flexibility index (Phi) is 5.29. The average molecular weight is 413 g/mol. The third kappa shape index (κ3) is 3.61. The first-order chi connectivity index (χ1) is 13.9. The lowest BCUT2D eigenvalue weighted by molar-refractivity contribution is -0.126. The van der Waals surface area contributed by atoms with Gasteiger partial charge in [0, 0.05) is 42.2 Å². The summed E-state index contributed by atoms with van der Waals surface area (Å²) in [6, 6.07) is -0.0350. The molecule has 0 radical (unpaired) electrons. The molecule has 154 valence electrons. The van der Waals surface area contributed by atoms with E-state index in [2.05, 4.69) is 39.1 Å². The highest BCUT2D eigenvalue weighted by molar-refractivity contribution is 7.18. The van der Waals surface area contributed by atoms with Crippen LogP contribution in [0.25, 0.3) is 10.2 Å². The minimum absolute atomic E-state index is 0.0350. The third-order valence-electron chi connectivity index (χ3n) is 6.21. The fraction of sp³-hybridized carbons (Fsp3) is 0.524. The van der Waals surface area contributed by atoms with Crippen molar-refractivity contribution in [3.8, 4) is 0 Å². The Balaban J connectivity index is 1.42. The standard InChI is InChI=1S/C21H28N6OS/c1-12-15(4)29-21-18(12)19(22-11-23-21)27-8-6-16(7-9-27)20(28)25-13(2)17-10-24-26(5)14(17)3/h10-11,13,16H,6-9H2,1-5H3,(H,25,28)/t13-/m0/s1. The summed E-state index contributed by atoms with van der Waals surface area (Å²) in [5.74, 6) is 1.18. The van der Waals surface area contributed by atoms with E-state index in [9.17, 15) is 4.79 Å². The lowest BCUT2D eigenvalue weighted by atomic mass is 9.95. The van der Waals surface area contributed by atoms with Crippen LogP contribution in [0.15, 0.2) is 12.5 Å². The summed E-state index contributed by atoms with van der Waals surface area (Å²) < 4.78 is 1.84. The van der Waals surface area contributed by atoms with Crippen LogP contribution in [0.3, 0.4) is 0 Å². The molecule has 0 aromatic carbocycles. The molecule has 4 heterocycles. The number of amides is 1. The van der Waals surface area contributed by atoms with Crippen molar-refractivity contribution >= 4 is 33.3 Å². The van der Waals surface area contributed by atoms with Crippen molar-refractivity contribution in [2.45, 2.75) is 46.6 Å². The number of aromatic nitrogens is 4. The molecule has 7 nitrogen and oxygen atoms in total. The van der Waals surface area contributed by atoms with Crippen molar-refractivity contribution in [2.75, 3.05) is 18.0 Å². The molecule has 0 unspecified atom stereocenters. The minimum Gasteiger partial charge on any atom is -0.356 e. The van der Waals surface area contributed by atoms with Gasteiger partial charge in [0.05, 0.1) is 17.6 Å². The second-order valence-electron chi connectivity index (χ2n) is 7.96. The van der Waals surface area contributed by atoms with Crippen molar-refractivity contribution in [3.63, 3.8) is 0 Å². The number of thiophene rings is 1. The summed E-state index contributed by atoms with van der Waals surface area (Å²) in [6.07, 6.45) is 5.16. The molecule has 0 saturated carbocycles. The molecular formula is C21H28N6OS. The maximum atomic E-state index is 12.8. The predicted octanol–water partition coefficient (Wildman–Crippen LogP) is 3.44. The average Bonchev–Trinajstić information content (AvgIpc) is 3.20. The van der Waals surface area contributed by atoms with Crippen LogP contribution in [-0.4, -0.2) is 38.7 Å². The second-order valence-corrected chi connectivity index (χ2v) is 9.16. The third-order valence-corrected chi connectivity index (χ3v) is 7.32. The van der Waals surface area contributed by atoms with Gasteiger partial charge in [0.25, 0.3) is 0 Å². The van der Waals surface area contributed by atoms with Gasteiger partial charge in [0.1, 0.15) is 17.0 Å². The number of piperidine rings is 1. The number of anilines is 1. The Bertz CT molecular complexity index is 1050. The molecule has 29 heavy (non-hydrogen) atoms. The van der Waals surface area contributed by atoms with Crippen molar-refractivity contribution < 1.29 is 4.79 Å². The molecule has 3 aromatic rings. The maximum Gasteiger partial charge on any atom is 0.223 e. The smallest absolute Gasteiger partial charge is 0.223 e. The minimum atomic E-state index is -0.0350. The van der Waals surface area contributed by atoms with Crippen LogP contribution in [-0.2, 0) is 11.8 Å². The highest BCUT2D eigenvalue weighted by Crippen LogP contribution is 2.35. The SMILES string of the molecule is Cc1sc2ncnc(N3CCC(C(=O)N[C@@H](C)c4cnn(C)c4C)CC3)c2c1C. The Labute approximate surface area is 175 Å². The molecule has 4 rings (SSSR count). The molecule has 1 aliphatic rings. The van der Waals surface area contributed by atoms with E-state index in [-0.39, 0.29) is 17.9 Å². The first-order valence-corrected chi connectivity index (χ1v) is 10.9. The van der Waals surface area contributed by atoms with Gasteiger partial charge >= 0.3 is 0 Å². The van der Waals surface area contributed by atoms with Gasteiger partial charge in [-0.2, -0.15) is 5.10 Å². The zero-order valence-corrected chi connectivity index (χ0v) is 18.5. The van der Waals surface area contributed by atoms with Gasteiger partial charge < -0.3 is 10.2 Å². The van der Waals surface area contributed by atoms with Gasteiger partial charge in [-0.25, -0.2) is 9.97 Å². The zero-order chi connectivity index (χ0) is 20.7. The molecule has 1 N–H and O–H groups in total.